The molecule has 4 nitrogen and oxygen atoms in total. The van der Waals surface area contributed by atoms with E-state index in [-0.39, 0.29) is 6.42 Å². The molecule has 0 bridgehead atoms. The van der Waals surface area contributed by atoms with Gasteiger partial charge in [0, 0.05) is 12.1 Å². The molecule has 0 fully saturated rings. The van der Waals surface area contributed by atoms with Crippen molar-refractivity contribution in [1.29, 1.82) is 0 Å². The third-order valence-electron chi connectivity index (χ3n) is 1.58. The Morgan fingerprint density at radius 1 is 1.23 bits per heavy atom. The van der Waals surface area contributed by atoms with Crippen LogP contribution in [-0.2, 0) is 16.0 Å². The van der Waals surface area contributed by atoms with E-state index in [9.17, 15) is 9.59 Å². The molecule has 0 amide bonds. The predicted octanol–water partition coefficient (Wildman–Crippen LogP) is 0.465. The quantitative estimate of drug-likeness (QED) is 0.522. The van der Waals surface area contributed by atoms with Gasteiger partial charge in [0.25, 0.3) is 0 Å². The van der Waals surface area contributed by atoms with Crippen molar-refractivity contribution in [3.63, 3.8) is 0 Å². The second-order valence-electron chi connectivity index (χ2n) is 2.65. The van der Waals surface area contributed by atoms with Gasteiger partial charge in [0.1, 0.15) is 0 Å². The number of hydrogen-bond donors (Lipinski definition) is 2. The fourth-order valence-electron chi connectivity index (χ4n) is 0.896. The molecule has 0 spiro atoms. The van der Waals surface area contributed by atoms with Crippen molar-refractivity contribution < 1.29 is 14.7 Å². The lowest BCUT2D eigenvalue weighted by molar-refractivity contribution is -0.148. The van der Waals surface area contributed by atoms with Crippen LogP contribution >= 0.6 is 0 Å². The number of carbonyl (C=O) groups excluding carboxylic acids is 1. The molecule has 0 unspecified atom stereocenters. The Morgan fingerprint density at radius 3 is 2.23 bits per heavy atom. The minimum atomic E-state index is -1.41. The molecule has 1 rings (SSSR count). The molecular formula is C9H9NO3. The third-order valence-corrected chi connectivity index (χ3v) is 1.58. The number of nitrogens with two attached hydrogens (primary N) is 1. The minimum Gasteiger partial charge on any atom is -0.475 e. The Bertz CT molecular complexity index is 329. The van der Waals surface area contributed by atoms with Gasteiger partial charge in [-0.05, 0) is 17.7 Å². The summed E-state index contributed by atoms with van der Waals surface area (Å²) in [6, 6.07) is 6.53. The number of carbonyl (C=O) groups is 2. The lowest BCUT2D eigenvalue weighted by Gasteiger charge is -1.97. The van der Waals surface area contributed by atoms with Crippen LogP contribution in [0.4, 0.5) is 5.69 Å². The van der Waals surface area contributed by atoms with E-state index < -0.39 is 11.8 Å². The molecule has 0 aromatic heterocycles. The van der Waals surface area contributed by atoms with Crippen LogP contribution in [0.3, 0.4) is 0 Å². The summed E-state index contributed by atoms with van der Waals surface area (Å²) in [5, 5.41) is 8.32. The average molecular weight is 179 g/mol. The van der Waals surface area contributed by atoms with Crippen molar-refractivity contribution in [3.05, 3.63) is 29.8 Å². The number of aliphatic carboxylic acids is 1. The zero-order valence-electron chi connectivity index (χ0n) is 6.86. The van der Waals surface area contributed by atoms with Crippen LogP contribution in [-0.4, -0.2) is 16.9 Å². The number of rotatable bonds is 3. The van der Waals surface area contributed by atoms with Gasteiger partial charge < -0.3 is 10.8 Å². The van der Waals surface area contributed by atoms with Gasteiger partial charge >= 0.3 is 5.97 Å². The summed E-state index contributed by atoms with van der Waals surface area (Å²) in [4.78, 5) is 21.0. The van der Waals surface area contributed by atoms with Crippen LogP contribution < -0.4 is 5.73 Å². The topological polar surface area (TPSA) is 80.4 Å². The molecule has 68 valence electrons. The highest BCUT2D eigenvalue weighted by atomic mass is 16.4. The van der Waals surface area contributed by atoms with Crippen molar-refractivity contribution in [2.75, 3.05) is 5.73 Å². The number of carboxylic acids is 1. The molecule has 0 atom stereocenters. The summed E-state index contributed by atoms with van der Waals surface area (Å²) in [6.45, 7) is 0. The normalized spacial score (nSPS) is 9.54. The fraction of sp³-hybridized carbons (Fsp3) is 0.111. The number of nitrogen functional groups attached to an aromatic ring is 1. The maximum Gasteiger partial charge on any atom is 0.372 e. The van der Waals surface area contributed by atoms with E-state index in [2.05, 4.69) is 0 Å². The number of benzene rings is 1. The molecule has 3 N–H and O–H groups in total. The molecule has 0 saturated carbocycles. The Labute approximate surface area is 75.0 Å². The van der Waals surface area contributed by atoms with Gasteiger partial charge in [-0.1, -0.05) is 12.1 Å². The summed E-state index contributed by atoms with van der Waals surface area (Å²) in [6.07, 6.45) is -0.0877. The standard InChI is InChI=1S/C9H9NO3/c10-7-3-1-6(2-4-7)5-8(11)9(12)13/h1-4H,5,10H2,(H,12,13). The van der Waals surface area contributed by atoms with Crippen molar-refractivity contribution in [3.8, 4) is 0 Å². The lowest BCUT2D eigenvalue weighted by atomic mass is 10.1. The zero-order chi connectivity index (χ0) is 9.84. The number of carboxylic acid groups (broad SMARTS) is 1. The van der Waals surface area contributed by atoms with Crippen LogP contribution in [0.25, 0.3) is 0 Å². The highest BCUT2D eigenvalue weighted by molar-refractivity contribution is 6.33. The molecule has 0 radical (unpaired) electrons. The smallest absolute Gasteiger partial charge is 0.372 e. The van der Waals surface area contributed by atoms with E-state index in [0.29, 0.717) is 11.3 Å². The second-order valence-corrected chi connectivity index (χ2v) is 2.65. The number of hydrogen-bond acceptors (Lipinski definition) is 3. The van der Waals surface area contributed by atoms with Gasteiger partial charge in [0.15, 0.2) is 0 Å². The van der Waals surface area contributed by atoms with Crippen molar-refractivity contribution >= 4 is 17.4 Å². The van der Waals surface area contributed by atoms with Gasteiger partial charge in [0.05, 0.1) is 0 Å². The molecule has 4 heteroatoms. The van der Waals surface area contributed by atoms with Crippen molar-refractivity contribution in [2.24, 2.45) is 0 Å². The molecule has 0 aliphatic rings. The molecule has 1 aromatic carbocycles. The molecule has 0 saturated heterocycles. The third kappa shape index (κ3) is 2.59. The van der Waals surface area contributed by atoms with Crippen molar-refractivity contribution in [1.82, 2.24) is 0 Å². The largest absolute Gasteiger partial charge is 0.475 e. The minimum absolute atomic E-state index is 0.0877. The SMILES string of the molecule is Nc1ccc(CC(=O)C(=O)O)cc1. The second kappa shape index (κ2) is 3.71. The number of ketones is 1. The first-order valence-corrected chi connectivity index (χ1v) is 3.70. The molecule has 0 aliphatic carbocycles. The van der Waals surface area contributed by atoms with Crippen LogP contribution in [0.15, 0.2) is 24.3 Å². The summed E-state index contributed by atoms with van der Waals surface area (Å²) < 4.78 is 0. The van der Waals surface area contributed by atoms with E-state index in [0.717, 1.165) is 0 Å². The van der Waals surface area contributed by atoms with Gasteiger partial charge in [-0.15, -0.1) is 0 Å². The summed E-state index contributed by atoms with van der Waals surface area (Å²) in [5.41, 5.74) is 6.66. The average Bonchev–Trinajstić information content (AvgIpc) is 2.08. The highest BCUT2D eigenvalue weighted by Crippen LogP contribution is 2.06. The molecule has 1 aromatic rings. The first-order valence-electron chi connectivity index (χ1n) is 3.70. The van der Waals surface area contributed by atoms with Crippen molar-refractivity contribution in [2.45, 2.75) is 6.42 Å². The zero-order valence-corrected chi connectivity index (χ0v) is 6.86. The van der Waals surface area contributed by atoms with Crippen LogP contribution in [0, 0.1) is 0 Å². The molecule has 13 heavy (non-hydrogen) atoms. The molecule has 0 aliphatic heterocycles. The van der Waals surface area contributed by atoms with E-state index in [4.69, 9.17) is 10.8 Å². The molecular weight excluding hydrogens is 170 g/mol. The monoisotopic (exact) mass is 179 g/mol. The Kier molecular flexibility index (Phi) is 2.64. The first-order chi connectivity index (χ1) is 6.09. The predicted molar refractivity (Wildman–Crippen MR) is 47.2 cm³/mol. The van der Waals surface area contributed by atoms with Crippen LogP contribution in [0.5, 0.6) is 0 Å². The Balaban J connectivity index is 2.70. The van der Waals surface area contributed by atoms with Gasteiger partial charge in [0.2, 0.25) is 5.78 Å². The number of anilines is 1. The highest BCUT2D eigenvalue weighted by Gasteiger charge is 2.11. The Hall–Kier alpha value is -1.84. The maximum absolute atomic E-state index is 10.8. The number of Topliss-reactive ketones (excluding diaryl/α,β-unsaturated/α-hetero) is 1. The first kappa shape index (κ1) is 9.25. The van der Waals surface area contributed by atoms with Crippen LogP contribution in [0.2, 0.25) is 0 Å². The van der Waals surface area contributed by atoms with Gasteiger partial charge in [-0.2, -0.15) is 0 Å². The van der Waals surface area contributed by atoms with E-state index in [1.165, 1.54) is 0 Å². The summed E-state index contributed by atoms with van der Waals surface area (Å²) >= 11 is 0. The summed E-state index contributed by atoms with van der Waals surface area (Å²) in [7, 11) is 0. The van der Waals surface area contributed by atoms with E-state index in [1.54, 1.807) is 24.3 Å². The van der Waals surface area contributed by atoms with Crippen LogP contribution in [0.1, 0.15) is 5.56 Å². The Morgan fingerprint density at radius 2 is 1.77 bits per heavy atom. The van der Waals surface area contributed by atoms with E-state index >= 15 is 0 Å². The maximum atomic E-state index is 10.8. The van der Waals surface area contributed by atoms with Gasteiger partial charge in [-0.25, -0.2) is 4.79 Å². The van der Waals surface area contributed by atoms with E-state index in [1.807, 2.05) is 0 Å². The fourth-order valence-corrected chi connectivity index (χ4v) is 0.896. The van der Waals surface area contributed by atoms with Gasteiger partial charge in [-0.3, -0.25) is 4.79 Å². The summed E-state index contributed by atoms with van der Waals surface area (Å²) in [5.74, 6) is -2.22. The lowest BCUT2D eigenvalue weighted by Crippen LogP contribution is -2.14. The molecule has 0 heterocycles.